The predicted octanol–water partition coefficient (Wildman–Crippen LogP) is 6.73. The number of hydrogen-bond acceptors (Lipinski definition) is 2. The van der Waals surface area contributed by atoms with Crippen LogP contribution in [0.1, 0.15) is 44.1 Å². The second-order valence-corrected chi connectivity index (χ2v) is 9.95. The summed E-state index contributed by atoms with van der Waals surface area (Å²) in [7, 11) is -10.1. The van der Waals surface area contributed by atoms with Crippen molar-refractivity contribution >= 4 is 27.8 Å². The molecule has 0 aromatic heterocycles. The summed E-state index contributed by atoms with van der Waals surface area (Å²) in [6, 6.07) is 7.91. The highest BCUT2D eigenvalue weighted by atomic mass is 35.5. The van der Waals surface area contributed by atoms with E-state index in [1.165, 1.54) is 12.1 Å². The maximum Gasteiger partial charge on any atom is 0.328 e. The van der Waals surface area contributed by atoms with Gasteiger partial charge in [0.2, 0.25) is 0 Å². The molecule has 1 aliphatic rings. The van der Waals surface area contributed by atoms with E-state index in [1.807, 2.05) is 0 Å². The number of carbonyl (C=O) groups excluding carboxylic acids is 1. The maximum absolute atomic E-state index is 13.4. The Kier molecular flexibility index (Phi) is 5.11. The van der Waals surface area contributed by atoms with Gasteiger partial charge in [0, 0.05) is 4.87 Å². The summed E-state index contributed by atoms with van der Waals surface area (Å²) < 4.78 is 71.7. The molecule has 25 heavy (non-hydrogen) atoms. The quantitative estimate of drug-likeness (QED) is 0.297. The van der Waals surface area contributed by atoms with E-state index < -0.39 is 39.3 Å². The van der Waals surface area contributed by atoms with Crippen LogP contribution in [-0.2, 0) is 16.1 Å². The number of benzene rings is 1. The molecule has 0 saturated heterocycles. The van der Waals surface area contributed by atoms with E-state index in [0.29, 0.717) is 18.4 Å². The summed E-state index contributed by atoms with van der Waals surface area (Å²) in [5, 5.41) is -3.49. The van der Waals surface area contributed by atoms with E-state index in [4.69, 9.17) is 11.6 Å². The summed E-state index contributed by atoms with van der Waals surface area (Å²) in [6.07, 6.45) is 1.08. The molecule has 1 saturated carbocycles. The molecule has 0 amide bonds. The third kappa shape index (κ3) is 6.02. The lowest BCUT2D eigenvalue weighted by molar-refractivity contribution is -0.145. The van der Waals surface area contributed by atoms with E-state index >= 15 is 0 Å². The van der Waals surface area contributed by atoms with Gasteiger partial charge in [-0.1, -0.05) is 69.0 Å². The zero-order valence-electron chi connectivity index (χ0n) is 13.4. The minimum Gasteiger partial charge on any atom is -0.460 e. The van der Waals surface area contributed by atoms with Gasteiger partial charge in [-0.15, -0.1) is 11.6 Å². The molecular formula is C16H20ClF5O2S. The average molecular weight is 407 g/mol. The fraction of sp³-hybridized carbons (Fsp3) is 0.562. The van der Waals surface area contributed by atoms with Crippen molar-refractivity contribution in [3.63, 3.8) is 0 Å². The van der Waals surface area contributed by atoms with Crippen molar-refractivity contribution in [3.05, 3.63) is 35.9 Å². The van der Waals surface area contributed by atoms with Gasteiger partial charge in [0.1, 0.15) is 6.61 Å². The van der Waals surface area contributed by atoms with Crippen molar-refractivity contribution in [1.29, 1.82) is 0 Å². The SMILES string of the molecule is O=C(OCc1ccccc1)C(CC1(Cl)CCCCC1)S(F)(F)(F)(F)F. The molecule has 2 nitrogen and oxygen atoms in total. The monoisotopic (exact) mass is 406 g/mol. The highest BCUT2D eigenvalue weighted by Crippen LogP contribution is 3.01. The first kappa shape index (κ1) is 20.3. The highest BCUT2D eigenvalue weighted by Gasteiger charge is 2.74. The molecule has 1 atom stereocenters. The van der Waals surface area contributed by atoms with Crippen LogP contribution in [0.4, 0.5) is 19.4 Å². The van der Waals surface area contributed by atoms with E-state index in [0.717, 1.165) is 6.42 Å². The normalized spacial score (nSPS) is 21.7. The molecule has 0 spiro atoms. The summed E-state index contributed by atoms with van der Waals surface area (Å²) in [5.41, 5.74) is 0.412. The lowest BCUT2D eigenvalue weighted by Crippen LogP contribution is -2.41. The Bertz CT molecular complexity index is 614. The first-order valence-corrected chi connectivity index (χ1v) is 10.3. The first-order chi connectivity index (χ1) is 11.3. The molecule has 1 aliphatic carbocycles. The molecule has 0 aliphatic heterocycles. The zero-order valence-corrected chi connectivity index (χ0v) is 15.0. The Morgan fingerprint density at radius 3 is 2.16 bits per heavy atom. The number of alkyl halides is 1. The third-order valence-electron chi connectivity index (χ3n) is 4.33. The van der Waals surface area contributed by atoms with Crippen LogP contribution in [-0.4, -0.2) is 16.1 Å². The summed E-state index contributed by atoms with van der Waals surface area (Å²) in [6.45, 7) is -0.501. The maximum atomic E-state index is 13.4. The largest absolute Gasteiger partial charge is 0.460 e. The number of hydrogen-bond donors (Lipinski definition) is 0. The van der Waals surface area contributed by atoms with Gasteiger partial charge in [-0.25, -0.2) is 0 Å². The molecule has 1 unspecified atom stereocenters. The lowest BCUT2D eigenvalue weighted by Gasteiger charge is -2.48. The van der Waals surface area contributed by atoms with Crippen molar-refractivity contribution in [2.45, 2.75) is 55.3 Å². The Morgan fingerprint density at radius 2 is 1.64 bits per heavy atom. The standard InChI is InChI=1S/C16H20ClF5O2S/c17-16(9-5-2-6-10-16)11-14(25(18,19,20,21)22)15(23)24-12-13-7-3-1-4-8-13/h1,3-4,7-8,14H,2,5-6,9-12H2. The van der Waals surface area contributed by atoms with Crippen molar-refractivity contribution in [3.8, 4) is 0 Å². The summed E-state index contributed by atoms with van der Waals surface area (Å²) in [4.78, 5) is 10.5. The van der Waals surface area contributed by atoms with Gasteiger partial charge in [0.25, 0.3) is 10.2 Å². The van der Waals surface area contributed by atoms with E-state index in [-0.39, 0.29) is 12.8 Å². The van der Waals surface area contributed by atoms with Crippen LogP contribution < -0.4 is 0 Å². The molecule has 0 N–H and O–H groups in total. The number of halogens is 6. The van der Waals surface area contributed by atoms with Gasteiger partial charge < -0.3 is 4.74 Å². The number of carbonyl (C=O) groups is 1. The molecule has 144 valence electrons. The minimum absolute atomic E-state index is 0.171. The van der Waals surface area contributed by atoms with Gasteiger partial charge in [-0.05, 0) is 24.8 Å². The average Bonchev–Trinajstić information content (AvgIpc) is 2.50. The second-order valence-electron chi connectivity index (χ2n) is 6.53. The molecule has 0 heterocycles. The van der Waals surface area contributed by atoms with Crippen LogP contribution in [0.25, 0.3) is 0 Å². The van der Waals surface area contributed by atoms with Crippen LogP contribution in [0.15, 0.2) is 30.3 Å². The smallest absolute Gasteiger partial charge is 0.328 e. The molecule has 0 radical (unpaired) electrons. The van der Waals surface area contributed by atoms with Crippen molar-refractivity contribution in [1.82, 2.24) is 0 Å². The zero-order chi connectivity index (χ0) is 18.8. The minimum atomic E-state index is -10.1. The first-order valence-electron chi connectivity index (χ1n) is 7.91. The molecule has 1 fully saturated rings. The fourth-order valence-electron chi connectivity index (χ4n) is 2.97. The van der Waals surface area contributed by atoms with Gasteiger partial charge in [-0.2, -0.15) is 0 Å². The van der Waals surface area contributed by atoms with Gasteiger partial charge in [0.15, 0.2) is 5.25 Å². The van der Waals surface area contributed by atoms with Crippen LogP contribution in [0.3, 0.4) is 0 Å². The molecule has 1 aromatic carbocycles. The Hall–Kier alpha value is -1.02. The van der Waals surface area contributed by atoms with E-state index in [1.54, 1.807) is 18.2 Å². The molecule has 1 aromatic rings. The molecule has 2 rings (SSSR count). The number of ether oxygens (including phenoxy) is 1. The van der Waals surface area contributed by atoms with Gasteiger partial charge in [0.05, 0.1) is 0 Å². The second kappa shape index (κ2) is 6.30. The van der Waals surface area contributed by atoms with Gasteiger partial charge >= 0.3 is 5.97 Å². The summed E-state index contributed by atoms with van der Waals surface area (Å²) in [5.74, 6) is -1.96. The third-order valence-corrected chi connectivity index (χ3v) is 6.29. The molecular weight excluding hydrogens is 387 g/mol. The molecule has 9 heteroatoms. The fourth-order valence-corrected chi connectivity index (χ4v) is 4.54. The number of rotatable bonds is 6. The van der Waals surface area contributed by atoms with Crippen molar-refractivity contribution < 1.29 is 29.0 Å². The Labute approximate surface area is 148 Å². The highest BCUT2D eigenvalue weighted by molar-refractivity contribution is 8.46. The summed E-state index contributed by atoms with van der Waals surface area (Å²) >= 11 is 6.14. The van der Waals surface area contributed by atoms with Crippen LogP contribution in [0, 0.1) is 0 Å². The van der Waals surface area contributed by atoms with Crippen LogP contribution >= 0.6 is 21.8 Å². The lowest BCUT2D eigenvalue weighted by atomic mass is 9.85. The van der Waals surface area contributed by atoms with Crippen molar-refractivity contribution in [2.24, 2.45) is 0 Å². The van der Waals surface area contributed by atoms with Crippen molar-refractivity contribution in [2.75, 3.05) is 0 Å². The Morgan fingerprint density at radius 1 is 1.08 bits per heavy atom. The Balaban J connectivity index is 2.18. The van der Waals surface area contributed by atoms with Crippen LogP contribution in [0.5, 0.6) is 0 Å². The topological polar surface area (TPSA) is 26.3 Å². The van der Waals surface area contributed by atoms with Gasteiger partial charge in [-0.3, -0.25) is 4.79 Å². The van der Waals surface area contributed by atoms with E-state index in [2.05, 4.69) is 4.74 Å². The van der Waals surface area contributed by atoms with Crippen LogP contribution in [0.2, 0.25) is 0 Å². The molecule has 0 bridgehead atoms. The predicted molar refractivity (Wildman–Crippen MR) is 89.4 cm³/mol. The number of esters is 1. The van der Waals surface area contributed by atoms with E-state index in [9.17, 15) is 24.2 Å².